The predicted molar refractivity (Wildman–Crippen MR) is 122 cm³/mol. The second-order valence-corrected chi connectivity index (χ2v) is 8.02. The largest absolute Gasteiger partial charge is 0.382 e. The first kappa shape index (κ1) is 22.5. The molecule has 0 aliphatic rings. The summed E-state index contributed by atoms with van der Waals surface area (Å²) in [5.74, 6) is 1.38. The highest BCUT2D eigenvalue weighted by molar-refractivity contribution is 7.98. The zero-order valence-electron chi connectivity index (χ0n) is 18.3. The normalized spacial score (nSPS) is 12.4. The van der Waals surface area contributed by atoms with E-state index in [2.05, 4.69) is 45.3 Å². The zero-order chi connectivity index (χ0) is 22.4. The maximum atomic E-state index is 9.73. The molecule has 3 rings (SSSR count). The molecule has 9 nitrogen and oxygen atoms in total. The van der Waals surface area contributed by atoms with Crippen LogP contribution in [0, 0.1) is 18.3 Å². The third kappa shape index (κ3) is 4.77. The summed E-state index contributed by atoms with van der Waals surface area (Å²) >= 11 is 1.42. The Balaban J connectivity index is 1.99. The second-order valence-electron chi connectivity index (χ2n) is 7.23. The van der Waals surface area contributed by atoms with E-state index in [9.17, 15) is 5.26 Å². The van der Waals surface area contributed by atoms with Gasteiger partial charge in [0.05, 0.1) is 11.7 Å². The topological polar surface area (TPSA) is 123 Å². The first-order valence-electron chi connectivity index (χ1n) is 10.3. The van der Waals surface area contributed by atoms with Crippen LogP contribution in [0.3, 0.4) is 0 Å². The van der Waals surface area contributed by atoms with Gasteiger partial charge in [0.2, 0.25) is 0 Å². The number of unbranched alkanes of at least 4 members (excludes halogenated alkanes) is 2. The Morgan fingerprint density at radius 2 is 2.06 bits per heavy atom. The molecule has 0 radical (unpaired) electrons. The Morgan fingerprint density at radius 1 is 1.26 bits per heavy atom. The zero-order valence-corrected chi connectivity index (χ0v) is 19.1. The van der Waals surface area contributed by atoms with E-state index < -0.39 is 0 Å². The molecule has 0 amide bonds. The first-order chi connectivity index (χ1) is 15.0. The number of hydrogen-bond donors (Lipinski definition) is 1. The van der Waals surface area contributed by atoms with E-state index in [4.69, 9.17) is 5.73 Å². The molecule has 0 aliphatic carbocycles. The van der Waals surface area contributed by atoms with Crippen LogP contribution in [-0.4, -0.2) is 30.8 Å². The molecule has 0 aliphatic heterocycles. The second kappa shape index (κ2) is 10.2. The monoisotopic (exact) mass is 437 g/mol. The number of rotatable bonds is 9. The first-order valence-corrected chi connectivity index (χ1v) is 11.5. The van der Waals surface area contributed by atoms with Crippen LogP contribution in [0.5, 0.6) is 0 Å². The highest BCUT2D eigenvalue weighted by Gasteiger charge is 2.22. The Bertz CT molecular complexity index is 1090. The van der Waals surface area contributed by atoms with Crippen LogP contribution in [-0.2, 0) is 0 Å². The van der Waals surface area contributed by atoms with Gasteiger partial charge in [-0.15, -0.1) is 22.0 Å². The summed E-state index contributed by atoms with van der Waals surface area (Å²) in [6.07, 6.45) is 7.93. The quantitative estimate of drug-likeness (QED) is 0.268. The molecule has 0 aromatic carbocycles. The average Bonchev–Trinajstić information content (AvgIpc) is 3.29. The molecule has 1 unspecified atom stereocenters. The summed E-state index contributed by atoms with van der Waals surface area (Å²) in [5, 5.41) is 28.3. The number of anilines is 1. The molecule has 0 spiro atoms. The lowest BCUT2D eigenvalue weighted by atomic mass is 10.1. The van der Waals surface area contributed by atoms with Crippen LogP contribution >= 0.6 is 11.8 Å². The third-order valence-electron chi connectivity index (χ3n) is 4.98. The molecule has 3 aromatic rings. The molecule has 10 heteroatoms. The smallest absolute Gasteiger partial charge is 0.192 e. The Hall–Kier alpha value is -3.19. The van der Waals surface area contributed by atoms with Gasteiger partial charge >= 0.3 is 0 Å². The lowest BCUT2D eigenvalue weighted by Crippen LogP contribution is -2.06. The molecule has 0 saturated heterocycles. The minimum atomic E-state index is 0.100. The summed E-state index contributed by atoms with van der Waals surface area (Å²) in [4.78, 5) is 4.29. The highest BCUT2D eigenvalue weighted by atomic mass is 32.2. The molecule has 2 N–H and O–H groups in total. The summed E-state index contributed by atoms with van der Waals surface area (Å²) in [5.41, 5.74) is 7.79. The third-order valence-corrected chi connectivity index (χ3v) is 5.65. The molecular formula is C21H27N9S. The summed E-state index contributed by atoms with van der Waals surface area (Å²) < 4.78 is 3.34. The fourth-order valence-corrected chi connectivity index (χ4v) is 3.78. The van der Waals surface area contributed by atoms with E-state index in [1.165, 1.54) is 16.4 Å². The van der Waals surface area contributed by atoms with E-state index in [0.717, 1.165) is 25.7 Å². The van der Waals surface area contributed by atoms with Gasteiger partial charge in [-0.25, -0.2) is 9.67 Å². The van der Waals surface area contributed by atoms with Crippen LogP contribution in [0.25, 0.3) is 5.82 Å². The number of thioether (sulfide) groups is 1. The van der Waals surface area contributed by atoms with Gasteiger partial charge in [-0.1, -0.05) is 32.3 Å². The van der Waals surface area contributed by atoms with Crippen LogP contribution in [0.4, 0.5) is 17.3 Å². The Morgan fingerprint density at radius 3 is 2.71 bits per heavy atom. The van der Waals surface area contributed by atoms with E-state index in [1.54, 1.807) is 10.9 Å². The van der Waals surface area contributed by atoms with Crippen LogP contribution < -0.4 is 5.73 Å². The lowest BCUT2D eigenvalue weighted by Gasteiger charge is -2.13. The highest BCUT2D eigenvalue weighted by Crippen LogP contribution is 2.35. The molecule has 0 fully saturated rings. The minimum absolute atomic E-state index is 0.100. The van der Waals surface area contributed by atoms with Crippen molar-refractivity contribution in [1.82, 2.24) is 24.5 Å². The van der Waals surface area contributed by atoms with E-state index in [-0.39, 0.29) is 6.04 Å². The molecule has 3 heterocycles. The molecule has 31 heavy (non-hydrogen) atoms. The number of nitrogens with two attached hydrogens (primary N) is 1. The van der Waals surface area contributed by atoms with Crippen LogP contribution in [0.1, 0.15) is 56.8 Å². The van der Waals surface area contributed by atoms with Crippen molar-refractivity contribution in [3.05, 3.63) is 35.7 Å². The maximum Gasteiger partial charge on any atom is 0.192 e. The molecular weight excluding hydrogens is 410 g/mol. The van der Waals surface area contributed by atoms with Gasteiger partial charge in [0.25, 0.3) is 0 Å². The number of hydrogen-bond acceptors (Lipinski definition) is 8. The standard InChI is InChI=1S/C21H27N9S/c1-5-6-7-10-14(2)29-20(16(13-22)21(28-29)31-4)26-25-18-15(3)27-30(19(18)23)17-11-8-9-12-24-17/h8-9,11-12,14H,5-7,10,23H2,1-4H3/b26-25+. The van der Waals surface area contributed by atoms with Gasteiger partial charge in [0.15, 0.2) is 23.1 Å². The molecule has 1 atom stereocenters. The van der Waals surface area contributed by atoms with Gasteiger partial charge < -0.3 is 5.73 Å². The van der Waals surface area contributed by atoms with Crippen LogP contribution in [0.2, 0.25) is 0 Å². The van der Waals surface area contributed by atoms with E-state index in [0.29, 0.717) is 39.4 Å². The molecule has 0 saturated carbocycles. The van der Waals surface area contributed by atoms with Gasteiger partial charge in [0, 0.05) is 6.20 Å². The molecule has 162 valence electrons. The number of nitrogen functional groups attached to an aromatic ring is 1. The average molecular weight is 438 g/mol. The van der Waals surface area contributed by atoms with E-state index >= 15 is 0 Å². The van der Waals surface area contributed by atoms with Crippen molar-refractivity contribution in [3.63, 3.8) is 0 Å². The van der Waals surface area contributed by atoms with Crippen molar-refractivity contribution < 1.29 is 0 Å². The maximum absolute atomic E-state index is 9.73. The summed E-state index contributed by atoms with van der Waals surface area (Å²) in [6, 6.07) is 7.84. The van der Waals surface area contributed by atoms with Gasteiger partial charge in [-0.2, -0.15) is 20.1 Å². The number of azo groups is 1. The summed E-state index contributed by atoms with van der Waals surface area (Å²) in [6.45, 7) is 6.08. The van der Waals surface area contributed by atoms with Crippen molar-refractivity contribution in [2.45, 2.75) is 57.5 Å². The number of aromatic nitrogens is 5. The Kier molecular flexibility index (Phi) is 7.41. The number of nitriles is 1. The number of pyridine rings is 1. The lowest BCUT2D eigenvalue weighted by molar-refractivity contribution is 0.435. The van der Waals surface area contributed by atoms with Crippen molar-refractivity contribution in [2.75, 3.05) is 12.0 Å². The van der Waals surface area contributed by atoms with Crippen LogP contribution in [0.15, 0.2) is 39.7 Å². The SMILES string of the molecule is CCCCCC(C)n1nc(SC)c(C#N)c1/N=N/c1c(C)nn(-c2ccccn2)c1N. The predicted octanol–water partition coefficient (Wildman–Crippen LogP) is 5.50. The minimum Gasteiger partial charge on any atom is -0.382 e. The van der Waals surface area contributed by atoms with Crippen molar-refractivity contribution in [2.24, 2.45) is 10.2 Å². The number of aryl methyl sites for hydroxylation is 1. The fraction of sp³-hybridized carbons (Fsp3) is 0.429. The summed E-state index contributed by atoms with van der Waals surface area (Å²) in [7, 11) is 0. The van der Waals surface area contributed by atoms with E-state index in [1.807, 2.05) is 31.4 Å². The van der Waals surface area contributed by atoms with Crippen molar-refractivity contribution in [1.29, 1.82) is 5.26 Å². The van der Waals surface area contributed by atoms with Gasteiger partial charge in [-0.05, 0) is 38.7 Å². The fourth-order valence-electron chi connectivity index (χ4n) is 3.27. The van der Waals surface area contributed by atoms with Crippen molar-refractivity contribution >= 4 is 29.1 Å². The number of nitrogens with zero attached hydrogens (tertiary/aromatic N) is 8. The molecule has 0 bridgehead atoms. The molecule has 3 aromatic heterocycles. The Labute approximate surface area is 186 Å². The van der Waals surface area contributed by atoms with Gasteiger partial charge in [0.1, 0.15) is 16.7 Å². The van der Waals surface area contributed by atoms with Crippen molar-refractivity contribution in [3.8, 4) is 11.9 Å². The van der Waals surface area contributed by atoms with Gasteiger partial charge in [-0.3, -0.25) is 0 Å².